The molecule has 0 fully saturated rings. The minimum absolute atomic E-state index is 0.449. The third-order valence-electron chi connectivity index (χ3n) is 5.21. The van der Waals surface area contributed by atoms with Crippen molar-refractivity contribution in [3.05, 3.63) is 60.6 Å². The first-order chi connectivity index (χ1) is 15.3. The Morgan fingerprint density at radius 3 is 2.72 bits per heavy atom. The molecule has 1 N–H and O–H groups in total. The molecule has 0 aliphatic heterocycles. The molecule has 3 aromatic heterocycles. The van der Waals surface area contributed by atoms with Crippen molar-refractivity contribution < 1.29 is 14.6 Å². The number of fused-ring (bicyclic) bond motifs is 1. The summed E-state index contributed by atoms with van der Waals surface area (Å²) in [5.41, 5.74) is 3.35. The first-order valence-electron chi connectivity index (χ1n) is 10.6. The molecule has 0 aliphatic rings. The molecule has 1 atom stereocenters. The van der Waals surface area contributed by atoms with Crippen molar-refractivity contribution in [2.75, 3.05) is 13.7 Å². The average molecular weight is 452 g/mol. The maximum Gasteiger partial charge on any atom is 0.181 e. The number of hydrogen-bond acceptors (Lipinski definition) is 6. The van der Waals surface area contributed by atoms with Crippen LogP contribution in [0.2, 0.25) is 25.7 Å². The molecule has 168 valence electrons. The summed E-state index contributed by atoms with van der Waals surface area (Å²) in [6.07, 6.45) is 4.35. The van der Waals surface area contributed by atoms with E-state index in [0.29, 0.717) is 18.1 Å². The van der Waals surface area contributed by atoms with E-state index in [1.807, 2.05) is 35.1 Å². The summed E-state index contributed by atoms with van der Waals surface area (Å²) in [5.74, 6) is 0.597. The SMILES string of the molecule is COC(O)c1ccnc(-n2nccc2-c2ccc3cn(COCC[Si](C)(C)C)nc3c2)c1. The Labute approximate surface area is 188 Å². The molecule has 1 unspecified atom stereocenters. The second-order valence-corrected chi connectivity index (χ2v) is 14.6. The first-order valence-corrected chi connectivity index (χ1v) is 14.3. The molecule has 3 heterocycles. The maximum absolute atomic E-state index is 9.98. The standard InChI is InChI=1S/C23H29N5O3Si/c1-30-23(29)18-7-9-24-22(14-18)28-21(8-10-25-28)17-5-6-19-15-27(26-20(19)13-17)16-31-11-12-32(2,3)4/h5-10,13-15,23,29H,11-12,16H2,1-4H3. The number of rotatable bonds is 9. The smallest absolute Gasteiger partial charge is 0.181 e. The van der Waals surface area contributed by atoms with Crippen LogP contribution in [0.1, 0.15) is 11.9 Å². The van der Waals surface area contributed by atoms with Crippen LogP contribution >= 0.6 is 0 Å². The molecule has 1 aromatic carbocycles. The van der Waals surface area contributed by atoms with Gasteiger partial charge in [-0.2, -0.15) is 10.2 Å². The summed E-state index contributed by atoms with van der Waals surface area (Å²) >= 11 is 0. The number of benzene rings is 1. The van der Waals surface area contributed by atoms with E-state index in [1.54, 1.807) is 29.2 Å². The van der Waals surface area contributed by atoms with Gasteiger partial charge in [-0.05, 0) is 30.3 Å². The largest absolute Gasteiger partial charge is 0.364 e. The third-order valence-corrected chi connectivity index (χ3v) is 6.91. The molecular weight excluding hydrogens is 422 g/mol. The van der Waals surface area contributed by atoms with Gasteiger partial charge in [0.25, 0.3) is 0 Å². The number of ether oxygens (including phenoxy) is 2. The van der Waals surface area contributed by atoms with Gasteiger partial charge in [0.2, 0.25) is 0 Å². The van der Waals surface area contributed by atoms with Gasteiger partial charge >= 0.3 is 0 Å². The fraction of sp³-hybridized carbons (Fsp3) is 0.348. The Hall–Kier alpha value is -2.85. The van der Waals surface area contributed by atoms with E-state index in [4.69, 9.17) is 9.47 Å². The number of aliphatic hydroxyl groups excluding tert-OH is 1. The fourth-order valence-corrected chi connectivity index (χ4v) is 4.13. The third kappa shape index (κ3) is 5.13. The second-order valence-electron chi connectivity index (χ2n) is 8.95. The number of nitrogens with zero attached hydrogens (tertiary/aromatic N) is 5. The van der Waals surface area contributed by atoms with Gasteiger partial charge in [0, 0.05) is 50.7 Å². The lowest BCUT2D eigenvalue weighted by Gasteiger charge is -2.15. The molecule has 0 amide bonds. The topological polar surface area (TPSA) is 87.2 Å². The number of aromatic nitrogens is 5. The number of methoxy groups -OCH3 is 1. The summed E-state index contributed by atoms with van der Waals surface area (Å²) in [5, 5.41) is 20.1. The van der Waals surface area contributed by atoms with Crippen molar-refractivity contribution in [3.63, 3.8) is 0 Å². The second kappa shape index (κ2) is 9.33. The molecule has 0 radical (unpaired) electrons. The fourth-order valence-electron chi connectivity index (χ4n) is 3.37. The molecule has 0 aliphatic carbocycles. The lowest BCUT2D eigenvalue weighted by Crippen LogP contribution is -2.22. The van der Waals surface area contributed by atoms with Gasteiger partial charge in [-0.25, -0.2) is 14.3 Å². The molecule has 4 rings (SSSR count). The van der Waals surface area contributed by atoms with E-state index in [1.165, 1.54) is 7.11 Å². The lowest BCUT2D eigenvalue weighted by atomic mass is 10.1. The minimum Gasteiger partial charge on any atom is -0.364 e. The summed E-state index contributed by atoms with van der Waals surface area (Å²) in [6.45, 7) is 8.24. The molecule has 4 aromatic rings. The zero-order valence-corrected chi connectivity index (χ0v) is 19.9. The van der Waals surface area contributed by atoms with Gasteiger partial charge in [0.15, 0.2) is 12.1 Å². The highest BCUT2D eigenvalue weighted by Gasteiger charge is 2.14. The van der Waals surface area contributed by atoms with Crippen LogP contribution in [-0.2, 0) is 16.2 Å². The Bertz CT molecular complexity index is 1200. The van der Waals surface area contributed by atoms with Gasteiger partial charge in [0.05, 0.1) is 17.4 Å². The first kappa shape index (κ1) is 22.3. The van der Waals surface area contributed by atoms with E-state index >= 15 is 0 Å². The van der Waals surface area contributed by atoms with Crippen LogP contribution in [-0.4, -0.2) is 51.4 Å². The average Bonchev–Trinajstić information content (AvgIpc) is 3.42. The van der Waals surface area contributed by atoms with Crippen molar-refractivity contribution in [2.45, 2.75) is 38.7 Å². The van der Waals surface area contributed by atoms with E-state index in [2.05, 4.69) is 34.8 Å². The van der Waals surface area contributed by atoms with Crippen molar-refractivity contribution in [3.8, 4) is 17.1 Å². The maximum atomic E-state index is 9.98. The Kier molecular flexibility index (Phi) is 6.52. The molecule has 0 saturated heterocycles. The highest BCUT2D eigenvalue weighted by Crippen LogP contribution is 2.26. The van der Waals surface area contributed by atoms with E-state index in [-0.39, 0.29) is 0 Å². The van der Waals surface area contributed by atoms with Crippen molar-refractivity contribution in [1.29, 1.82) is 0 Å². The van der Waals surface area contributed by atoms with Crippen LogP contribution in [0.25, 0.3) is 28.0 Å². The Morgan fingerprint density at radius 2 is 1.94 bits per heavy atom. The van der Waals surface area contributed by atoms with Crippen LogP contribution < -0.4 is 0 Å². The Morgan fingerprint density at radius 1 is 1.09 bits per heavy atom. The predicted molar refractivity (Wildman–Crippen MR) is 126 cm³/mol. The van der Waals surface area contributed by atoms with Gasteiger partial charge < -0.3 is 14.6 Å². The molecule has 0 saturated carbocycles. The van der Waals surface area contributed by atoms with Crippen LogP contribution in [0.15, 0.2) is 55.0 Å². The zero-order valence-electron chi connectivity index (χ0n) is 18.9. The van der Waals surface area contributed by atoms with Gasteiger partial charge in [-0.15, -0.1) is 0 Å². The van der Waals surface area contributed by atoms with Crippen LogP contribution in [0.5, 0.6) is 0 Å². The van der Waals surface area contributed by atoms with Gasteiger partial charge in [-0.1, -0.05) is 31.8 Å². The Balaban J connectivity index is 1.56. The minimum atomic E-state index is -1.10. The summed E-state index contributed by atoms with van der Waals surface area (Å²) in [6, 6.07) is 12.7. The van der Waals surface area contributed by atoms with E-state index < -0.39 is 14.4 Å². The molecule has 32 heavy (non-hydrogen) atoms. The van der Waals surface area contributed by atoms with Crippen molar-refractivity contribution >= 4 is 19.0 Å². The molecule has 0 bridgehead atoms. The monoisotopic (exact) mass is 451 g/mol. The highest BCUT2D eigenvalue weighted by molar-refractivity contribution is 6.76. The number of pyridine rings is 1. The van der Waals surface area contributed by atoms with Gasteiger partial charge in [0.1, 0.15) is 6.73 Å². The quantitative estimate of drug-likeness (QED) is 0.233. The summed E-state index contributed by atoms with van der Waals surface area (Å²) in [7, 11) is 0.354. The number of hydrogen-bond donors (Lipinski definition) is 1. The van der Waals surface area contributed by atoms with Crippen molar-refractivity contribution in [2.24, 2.45) is 0 Å². The molecule has 8 nitrogen and oxygen atoms in total. The normalized spacial score (nSPS) is 13.0. The molecule has 0 spiro atoms. The number of aliphatic hydroxyl groups is 1. The summed E-state index contributed by atoms with van der Waals surface area (Å²) in [4.78, 5) is 4.41. The van der Waals surface area contributed by atoms with E-state index in [9.17, 15) is 5.11 Å². The van der Waals surface area contributed by atoms with Crippen LogP contribution in [0.4, 0.5) is 0 Å². The zero-order chi connectivity index (χ0) is 22.7. The van der Waals surface area contributed by atoms with Crippen LogP contribution in [0, 0.1) is 0 Å². The van der Waals surface area contributed by atoms with Gasteiger partial charge in [-0.3, -0.25) is 0 Å². The van der Waals surface area contributed by atoms with E-state index in [0.717, 1.165) is 34.8 Å². The van der Waals surface area contributed by atoms with Crippen LogP contribution in [0.3, 0.4) is 0 Å². The lowest BCUT2D eigenvalue weighted by molar-refractivity contribution is -0.0769. The molecular formula is C23H29N5O3Si. The highest BCUT2D eigenvalue weighted by atomic mass is 28.3. The molecule has 9 heteroatoms. The van der Waals surface area contributed by atoms with Crippen molar-refractivity contribution in [1.82, 2.24) is 24.5 Å². The summed E-state index contributed by atoms with van der Waals surface area (Å²) < 4.78 is 14.4. The predicted octanol–water partition coefficient (Wildman–Crippen LogP) is 4.23.